The fourth-order valence-corrected chi connectivity index (χ4v) is 1.53. The highest BCUT2D eigenvalue weighted by Crippen LogP contribution is 2.24. The summed E-state index contributed by atoms with van der Waals surface area (Å²) < 4.78 is 10.4. The zero-order valence-electron chi connectivity index (χ0n) is 10.2. The number of aromatic nitrogens is 3. The molecule has 18 heavy (non-hydrogen) atoms. The molecule has 0 atom stereocenters. The van der Waals surface area contributed by atoms with Crippen molar-refractivity contribution in [3.05, 3.63) is 23.8 Å². The van der Waals surface area contributed by atoms with Crippen molar-refractivity contribution in [1.82, 2.24) is 15.2 Å². The third-order valence-electron chi connectivity index (χ3n) is 2.43. The number of nitrogen functional groups attached to an aromatic ring is 1. The quantitative estimate of drug-likeness (QED) is 0.731. The second kappa shape index (κ2) is 5.26. The molecular weight excluding hydrogens is 234 g/mol. The molecule has 1 heterocycles. The normalized spacial score (nSPS) is 10.1. The molecule has 2 aromatic rings. The zero-order chi connectivity index (χ0) is 13.0. The van der Waals surface area contributed by atoms with Crippen molar-refractivity contribution in [3.8, 4) is 11.5 Å². The molecule has 0 aliphatic rings. The predicted molar refractivity (Wildman–Crippen MR) is 67.7 cm³/mol. The average molecular weight is 249 g/mol. The molecule has 0 aliphatic carbocycles. The second-order valence-electron chi connectivity index (χ2n) is 3.58. The number of nitrogens with two attached hydrogens (primary N) is 1. The van der Waals surface area contributed by atoms with E-state index in [4.69, 9.17) is 15.2 Å². The van der Waals surface area contributed by atoms with Crippen LogP contribution in [0.15, 0.2) is 18.2 Å². The van der Waals surface area contributed by atoms with Crippen LogP contribution in [0.5, 0.6) is 11.5 Å². The fourth-order valence-electron chi connectivity index (χ4n) is 1.53. The lowest BCUT2D eigenvalue weighted by molar-refractivity contribution is 0.391. The molecule has 2 rings (SSSR count). The lowest BCUT2D eigenvalue weighted by atomic mass is 10.2. The molecule has 1 aromatic heterocycles. The van der Waals surface area contributed by atoms with E-state index in [9.17, 15) is 0 Å². The van der Waals surface area contributed by atoms with Crippen LogP contribution in [0.4, 0.5) is 11.9 Å². The SMILES string of the molecule is COc1ccc(CNc2n[nH]c(N)n2)c(OC)c1. The van der Waals surface area contributed by atoms with Crippen LogP contribution in [0.1, 0.15) is 5.56 Å². The summed E-state index contributed by atoms with van der Waals surface area (Å²) >= 11 is 0. The Bertz CT molecular complexity index is 526. The summed E-state index contributed by atoms with van der Waals surface area (Å²) in [4.78, 5) is 3.95. The molecule has 1 aromatic carbocycles. The Hall–Kier alpha value is -2.44. The van der Waals surface area contributed by atoms with Crippen molar-refractivity contribution in [2.45, 2.75) is 6.54 Å². The Morgan fingerprint density at radius 1 is 1.33 bits per heavy atom. The van der Waals surface area contributed by atoms with Crippen molar-refractivity contribution in [3.63, 3.8) is 0 Å². The van der Waals surface area contributed by atoms with Gasteiger partial charge in [-0.2, -0.15) is 4.98 Å². The Morgan fingerprint density at radius 2 is 2.17 bits per heavy atom. The monoisotopic (exact) mass is 249 g/mol. The first-order valence-electron chi connectivity index (χ1n) is 5.35. The molecule has 0 bridgehead atoms. The maximum Gasteiger partial charge on any atom is 0.243 e. The Kier molecular flexibility index (Phi) is 3.52. The summed E-state index contributed by atoms with van der Waals surface area (Å²) in [6.45, 7) is 0.532. The van der Waals surface area contributed by atoms with Gasteiger partial charge in [0.15, 0.2) is 0 Å². The smallest absolute Gasteiger partial charge is 0.243 e. The van der Waals surface area contributed by atoms with Crippen LogP contribution >= 0.6 is 0 Å². The maximum atomic E-state index is 5.43. The Balaban J connectivity index is 2.08. The van der Waals surface area contributed by atoms with Crippen molar-refractivity contribution >= 4 is 11.9 Å². The number of rotatable bonds is 5. The molecular formula is C11H15N5O2. The Morgan fingerprint density at radius 3 is 2.78 bits per heavy atom. The van der Waals surface area contributed by atoms with E-state index in [1.807, 2.05) is 18.2 Å². The van der Waals surface area contributed by atoms with Gasteiger partial charge in [-0.15, -0.1) is 5.10 Å². The summed E-state index contributed by atoms with van der Waals surface area (Å²) in [5.74, 6) is 2.22. The molecule has 0 saturated heterocycles. The van der Waals surface area contributed by atoms with Gasteiger partial charge in [0.05, 0.1) is 14.2 Å². The molecule has 0 saturated carbocycles. The highest BCUT2D eigenvalue weighted by atomic mass is 16.5. The summed E-state index contributed by atoms with van der Waals surface area (Å²) in [6, 6.07) is 5.61. The minimum Gasteiger partial charge on any atom is -0.497 e. The molecule has 0 fully saturated rings. The van der Waals surface area contributed by atoms with E-state index >= 15 is 0 Å². The van der Waals surface area contributed by atoms with Gasteiger partial charge in [-0.3, -0.25) is 0 Å². The van der Waals surface area contributed by atoms with E-state index in [-0.39, 0.29) is 5.95 Å². The molecule has 0 unspecified atom stereocenters. The van der Waals surface area contributed by atoms with Gasteiger partial charge in [0, 0.05) is 18.2 Å². The number of benzene rings is 1. The number of ether oxygens (including phenoxy) is 2. The van der Waals surface area contributed by atoms with Gasteiger partial charge in [0.2, 0.25) is 11.9 Å². The maximum absolute atomic E-state index is 5.43. The van der Waals surface area contributed by atoms with Crippen LogP contribution in [0, 0.1) is 0 Å². The first kappa shape index (κ1) is 12.0. The van der Waals surface area contributed by atoms with E-state index < -0.39 is 0 Å². The number of hydrogen-bond donors (Lipinski definition) is 3. The summed E-state index contributed by atoms with van der Waals surface area (Å²) in [5, 5.41) is 9.48. The number of nitrogens with zero attached hydrogens (tertiary/aromatic N) is 2. The molecule has 0 amide bonds. The largest absolute Gasteiger partial charge is 0.497 e. The van der Waals surface area contributed by atoms with Gasteiger partial charge < -0.3 is 20.5 Å². The van der Waals surface area contributed by atoms with Crippen molar-refractivity contribution in [1.29, 1.82) is 0 Å². The standard InChI is InChI=1S/C11H15N5O2/c1-17-8-4-3-7(9(5-8)18-2)6-13-11-14-10(12)15-16-11/h3-5H,6H2,1-2H3,(H4,12,13,14,15,16). The highest BCUT2D eigenvalue weighted by molar-refractivity contribution is 5.42. The third-order valence-corrected chi connectivity index (χ3v) is 2.43. The number of H-pyrrole nitrogens is 1. The van der Waals surface area contributed by atoms with Gasteiger partial charge in [0.25, 0.3) is 0 Å². The van der Waals surface area contributed by atoms with Gasteiger partial charge in [-0.25, -0.2) is 5.10 Å². The van der Waals surface area contributed by atoms with E-state index in [0.717, 1.165) is 17.1 Å². The highest BCUT2D eigenvalue weighted by Gasteiger charge is 2.06. The first-order chi connectivity index (χ1) is 8.72. The fraction of sp³-hybridized carbons (Fsp3) is 0.273. The summed E-state index contributed by atoms with van der Waals surface area (Å²) in [6.07, 6.45) is 0. The molecule has 4 N–H and O–H groups in total. The molecule has 0 spiro atoms. The minimum atomic E-state index is 0.277. The van der Waals surface area contributed by atoms with Crippen molar-refractivity contribution in [2.75, 3.05) is 25.3 Å². The van der Waals surface area contributed by atoms with Gasteiger partial charge in [-0.1, -0.05) is 0 Å². The van der Waals surface area contributed by atoms with Gasteiger partial charge in [-0.05, 0) is 12.1 Å². The first-order valence-corrected chi connectivity index (χ1v) is 5.35. The van der Waals surface area contributed by atoms with Crippen LogP contribution < -0.4 is 20.5 Å². The third kappa shape index (κ3) is 2.62. The molecule has 7 nitrogen and oxygen atoms in total. The van der Waals surface area contributed by atoms with Gasteiger partial charge >= 0.3 is 0 Å². The molecule has 96 valence electrons. The topological polar surface area (TPSA) is 98.1 Å². The second-order valence-corrected chi connectivity index (χ2v) is 3.58. The Labute approximate surface area is 104 Å². The number of nitrogens with one attached hydrogen (secondary N) is 2. The van der Waals surface area contributed by atoms with Crippen LogP contribution in [0.2, 0.25) is 0 Å². The lowest BCUT2D eigenvalue weighted by Crippen LogP contribution is -2.03. The van der Waals surface area contributed by atoms with E-state index in [0.29, 0.717) is 12.5 Å². The average Bonchev–Trinajstić information content (AvgIpc) is 2.82. The summed E-state index contributed by atoms with van der Waals surface area (Å²) in [7, 11) is 3.23. The predicted octanol–water partition coefficient (Wildman–Crippen LogP) is 1.02. The van der Waals surface area contributed by atoms with Crippen LogP contribution in [0.25, 0.3) is 0 Å². The van der Waals surface area contributed by atoms with Crippen molar-refractivity contribution in [2.24, 2.45) is 0 Å². The van der Waals surface area contributed by atoms with Crippen molar-refractivity contribution < 1.29 is 9.47 Å². The number of methoxy groups -OCH3 is 2. The molecule has 0 aliphatic heterocycles. The van der Waals surface area contributed by atoms with Gasteiger partial charge in [0.1, 0.15) is 11.5 Å². The lowest BCUT2D eigenvalue weighted by Gasteiger charge is -2.10. The number of anilines is 2. The van der Waals surface area contributed by atoms with Crippen LogP contribution in [0.3, 0.4) is 0 Å². The van der Waals surface area contributed by atoms with E-state index in [1.54, 1.807) is 14.2 Å². The van der Waals surface area contributed by atoms with Crippen LogP contribution in [-0.2, 0) is 6.54 Å². The molecule has 0 radical (unpaired) electrons. The summed E-state index contributed by atoms with van der Waals surface area (Å²) in [5.41, 5.74) is 6.40. The van der Waals surface area contributed by atoms with Crippen LogP contribution in [-0.4, -0.2) is 29.4 Å². The zero-order valence-corrected chi connectivity index (χ0v) is 10.2. The van der Waals surface area contributed by atoms with E-state index in [2.05, 4.69) is 20.5 Å². The molecule has 7 heteroatoms. The minimum absolute atomic E-state index is 0.277. The number of aromatic amines is 1. The van der Waals surface area contributed by atoms with E-state index in [1.165, 1.54) is 0 Å². The number of hydrogen-bond acceptors (Lipinski definition) is 6.